The third-order valence-electron chi connectivity index (χ3n) is 4.05. The fourth-order valence-electron chi connectivity index (χ4n) is 2.79. The molecule has 0 spiro atoms. The second-order valence-corrected chi connectivity index (χ2v) is 5.89. The number of nitrogens with one attached hydrogen (secondary N) is 1. The molecule has 2 rings (SSSR count). The van der Waals surface area contributed by atoms with Crippen molar-refractivity contribution in [2.24, 2.45) is 0 Å². The smallest absolute Gasteiger partial charge is 0.223 e. The van der Waals surface area contributed by atoms with Gasteiger partial charge in [0, 0.05) is 6.04 Å². The van der Waals surface area contributed by atoms with E-state index in [0.717, 1.165) is 42.6 Å². The van der Waals surface area contributed by atoms with E-state index in [2.05, 4.69) is 5.32 Å². The van der Waals surface area contributed by atoms with Crippen LogP contribution in [0, 0.1) is 13.8 Å². The van der Waals surface area contributed by atoms with Crippen LogP contribution in [-0.2, 0) is 4.79 Å². The van der Waals surface area contributed by atoms with E-state index >= 15 is 0 Å². The Morgan fingerprint density at radius 3 is 2.48 bits per heavy atom. The molecule has 0 bridgehead atoms. The highest BCUT2D eigenvalue weighted by molar-refractivity contribution is 5.76. The van der Waals surface area contributed by atoms with Gasteiger partial charge in [-0.1, -0.05) is 18.2 Å². The fraction of sp³-hybridized carbons (Fsp3) is 0.588. The largest absolute Gasteiger partial charge is 0.493 e. The summed E-state index contributed by atoms with van der Waals surface area (Å²) < 4.78 is 5.74. The number of carbonyl (C=O) groups is 1. The normalized spacial score (nSPS) is 21.9. The van der Waals surface area contributed by atoms with E-state index in [1.54, 1.807) is 0 Å². The van der Waals surface area contributed by atoms with Gasteiger partial charge in [0.1, 0.15) is 5.75 Å². The number of para-hydroxylation sites is 1. The second kappa shape index (κ2) is 7.46. The van der Waals surface area contributed by atoms with Crippen molar-refractivity contribution in [3.05, 3.63) is 29.3 Å². The molecule has 0 atom stereocenters. The van der Waals surface area contributed by atoms with Crippen molar-refractivity contribution in [2.75, 3.05) is 6.61 Å². The van der Waals surface area contributed by atoms with Crippen LogP contribution in [0.2, 0.25) is 0 Å². The molecule has 1 fully saturated rings. The van der Waals surface area contributed by atoms with E-state index in [0.29, 0.717) is 13.0 Å². The minimum absolute atomic E-state index is 0.0302. The molecule has 1 aliphatic rings. The monoisotopic (exact) mass is 291 g/mol. The molecule has 0 aromatic heterocycles. The van der Waals surface area contributed by atoms with Gasteiger partial charge in [-0.15, -0.1) is 0 Å². The van der Waals surface area contributed by atoms with Gasteiger partial charge in [-0.05, 0) is 50.7 Å². The lowest BCUT2D eigenvalue weighted by Gasteiger charge is -2.26. The highest BCUT2D eigenvalue weighted by Crippen LogP contribution is 2.22. The number of rotatable bonds is 5. The molecule has 1 amide bonds. The van der Waals surface area contributed by atoms with Crippen molar-refractivity contribution in [2.45, 2.75) is 58.1 Å². The van der Waals surface area contributed by atoms with E-state index < -0.39 is 0 Å². The number of carbonyl (C=O) groups excluding carboxylic acids is 1. The van der Waals surface area contributed by atoms with Gasteiger partial charge >= 0.3 is 0 Å². The summed E-state index contributed by atoms with van der Waals surface area (Å²) >= 11 is 0. The molecule has 0 unspecified atom stereocenters. The Morgan fingerprint density at radius 2 is 1.86 bits per heavy atom. The molecule has 1 aliphatic carbocycles. The van der Waals surface area contributed by atoms with Crippen LogP contribution in [0.4, 0.5) is 0 Å². The number of hydrogen-bond acceptors (Lipinski definition) is 3. The summed E-state index contributed by atoms with van der Waals surface area (Å²) in [6.45, 7) is 4.42. The molecule has 116 valence electrons. The summed E-state index contributed by atoms with van der Waals surface area (Å²) in [6, 6.07) is 6.23. The highest BCUT2D eigenvalue weighted by atomic mass is 16.5. The first-order chi connectivity index (χ1) is 10.1. The molecule has 1 aromatic carbocycles. The van der Waals surface area contributed by atoms with Crippen LogP contribution < -0.4 is 10.1 Å². The Balaban J connectivity index is 1.72. The van der Waals surface area contributed by atoms with Crippen LogP contribution in [0.25, 0.3) is 0 Å². The SMILES string of the molecule is Cc1cccc(C)c1OCCC(=O)NC1CCC(O)CC1. The van der Waals surface area contributed by atoms with Crippen LogP contribution in [-0.4, -0.2) is 29.8 Å². The van der Waals surface area contributed by atoms with Crippen LogP contribution in [0.1, 0.15) is 43.2 Å². The molecule has 0 aliphatic heterocycles. The fourth-order valence-corrected chi connectivity index (χ4v) is 2.79. The van der Waals surface area contributed by atoms with Crippen molar-refractivity contribution < 1.29 is 14.6 Å². The van der Waals surface area contributed by atoms with Crippen molar-refractivity contribution in [3.8, 4) is 5.75 Å². The number of amides is 1. The molecule has 0 heterocycles. The van der Waals surface area contributed by atoms with Gasteiger partial charge in [0.25, 0.3) is 0 Å². The molecule has 2 N–H and O–H groups in total. The van der Waals surface area contributed by atoms with Crippen molar-refractivity contribution in [1.82, 2.24) is 5.32 Å². The molecular weight excluding hydrogens is 266 g/mol. The van der Waals surface area contributed by atoms with Crippen molar-refractivity contribution >= 4 is 5.91 Å². The Kier molecular flexibility index (Phi) is 5.62. The molecule has 4 nitrogen and oxygen atoms in total. The topological polar surface area (TPSA) is 58.6 Å². The Bertz CT molecular complexity index is 459. The Morgan fingerprint density at radius 1 is 1.24 bits per heavy atom. The lowest BCUT2D eigenvalue weighted by atomic mass is 9.93. The predicted molar refractivity (Wildman–Crippen MR) is 82.4 cm³/mol. The van der Waals surface area contributed by atoms with E-state index in [4.69, 9.17) is 4.74 Å². The first kappa shape index (κ1) is 15.8. The molecule has 1 saturated carbocycles. The number of aryl methyl sites for hydroxylation is 2. The maximum atomic E-state index is 11.9. The molecule has 21 heavy (non-hydrogen) atoms. The van der Waals surface area contributed by atoms with Crippen molar-refractivity contribution in [3.63, 3.8) is 0 Å². The van der Waals surface area contributed by atoms with Crippen LogP contribution in [0.5, 0.6) is 5.75 Å². The number of aliphatic hydroxyl groups is 1. The average molecular weight is 291 g/mol. The van der Waals surface area contributed by atoms with Gasteiger partial charge in [0.05, 0.1) is 19.1 Å². The Hall–Kier alpha value is -1.55. The first-order valence-electron chi connectivity index (χ1n) is 7.72. The van der Waals surface area contributed by atoms with Crippen LogP contribution in [0.3, 0.4) is 0 Å². The third kappa shape index (κ3) is 4.74. The molecule has 0 radical (unpaired) electrons. The minimum atomic E-state index is -0.189. The molecule has 4 heteroatoms. The summed E-state index contributed by atoms with van der Waals surface area (Å²) in [6.07, 6.45) is 3.47. The van der Waals surface area contributed by atoms with E-state index in [1.807, 2.05) is 32.0 Å². The number of ether oxygens (including phenoxy) is 1. The van der Waals surface area contributed by atoms with Gasteiger partial charge in [0.2, 0.25) is 5.91 Å². The zero-order valence-corrected chi connectivity index (χ0v) is 12.9. The van der Waals surface area contributed by atoms with Gasteiger partial charge < -0.3 is 15.2 Å². The number of aliphatic hydroxyl groups excluding tert-OH is 1. The zero-order chi connectivity index (χ0) is 15.2. The van der Waals surface area contributed by atoms with Crippen LogP contribution >= 0.6 is 0 Å². The van der Waals surface area contributed by atoms with Crippen LogP contribution in [0.15, 0.2) is 18.2 Å². The molecule has 1 aromatic rings. The Labute approximate surface area is 126 Å². The number of benzene rings is 1. The first-order valence-corrected chi connectivity index (χ1v) is 7.72. The van der Waals surface area contributed by atoms with Gasteiger partial charge in [-0.3, -0.25) is 4.79 Å². The summed E-state index contributed by atoms with van der Waals surface area (Å²) in [7, 11) is 0. The second-order valence-electron chi connectivity index (χ2n) is 5.89. The lowest BCUT2D eigenvalue weighted by molar-refractivity contribution is -0.122. The summed E-state index contributed by atoms with van der Waals surface area (Å²) in [5.41, 5.74) is 2.19. The summed E-state index contributed by atoms with van der Waals surface area (Å²) in [4.78, 5) is 11.9. The lowest BCUT2D eigenvalue weighted by Crippen LogP contribution is -2.39. The summed E-state index contributed by atoms with van der Waals surface area (Å²) in [5, 5.41) is 12.5. The highest BCUT2D eigenvalue weighted by Gasteiger charge is 2.20. The molecular formula is C17H25NO3. The predicted octanol–water partition coefficient (Wildman–Crippen LogP) is 2.49. The summed E-state index contributed by atoms with van der Waals surface area (Å²) in [5.74, 6) is 0.911. The quantitative estimate of drug-likeness (QED) is 0.876. The number of hydrogen-bond donors (Lipinski definition) is 2. The van der Waals surface area contributed by atoms with Gasteiger partial charge in [0.15, 0.2) is 0 Å². The van der Waals surface area contributed by atoms with E-state index in [1.165, 1.54) is 0 Å². The third-order valence-corrected chi connectivity index (χ3v) is 4.05. The van der Waals surface area contributed by atoms with Crippen molar-refractivity contribution in [1.29, 1.82) is 0 Å². The average Bonchev–Trinajstić information content (AvgIpc) is 2.45. The van der Waals surface area contributed by atoms with E-state index in [-0.39, 0.29) is 18.1 Å². The maximum absolute atomic E-state index is 11.9. The minimum Gasteiger partial charge on any atom is -0.493 e. The van der Waals surface area contributed by atoms with E-state index in [9.17, 15) is 9.90 Å². The standard InChI is InChI=1S/C17H25NO3/c1-12-4-3-5-13(2)17(12)21-11-10-16(20)18-14-6-8-15(19)9-7-14/h3-5,14-15,19H,6-11H2,1-2H3,(H,18,20). The van der Waals surface area contributed by atoms with Gasteiger partial charge in [-0.25, -0.2) is 0 Å². The maximum Gasteiger partial charge on any atom is 0.223 e. The van der Waals surface area contributed by atoms with Gasteiger partial charge in [-0.2, -0.15) is 0 Å². The zero-order valence-electron chi connectivity index (χ0n) is 12.9. The molecule has 0 saturated heterocycles.